The highest BCUT2D eigenvalue weighted by Gasteiger charge is 2.20. The normalized spacial score (nSPS) is 10.4. The molecule has 2 aromatic carbocycles. The number of aromatic nitrogens is 2. The molecule has 37 heavy (non-hydrogen) atoms. The smallest absolute Gasteiger partial charge is 0.226 e. The maximum absolute atomic E-state index is 12.5. The van der Waals surface area contributed by atoms with Crippen LogP contribution < -0.4 is 14.8 Å². The van der Waals surface area contributed by atoms with Crippen LogP contribution in [0.1, 0.15) is 17.5 Å². The van der Waals surface area contributed by atoms with Gasteiger partial charge in [0, 0.05) is 35.1 Å². The number of para-hydroxylation sites is 1. The highest BCUT2D eigenvalue weighted by Crippen LogP contribution is 2.42. The number of benzene rings is 2. The van der Waals surface area contributed by atoms with Crippen LogP contribution in [0.2, 0.25) is 0 Å². The maximum Gasteiger partial charge on any atom is 0.226 e. The third kappa shape index (κ3) is 6.08. The number of rotatable bonds is 9. The number of nitriles is 1. The Labute approximate surface area is 220 Å². The van der Waals surface area contributed by atoms with Crippen LogP contribution in [-0.2, 0) is 4.79 Å². The Kier molecular flexibility index (Phi) is 8.39. The van der Waals surface area contributed by atoms with Gasteiger partial charge in [0.1, 0.15) is 16.9 Å². The molecule has 0 bridgehead atoms. The second kappa shape index (κ2) is 12.1. The lowest BCUT2D eigenvalue weighted by atomic mass is 9.98. The summed E-state index contributed by atoms with van der Waals surface area (Å²) >= 11 is 1.37. The van der Waals surface area contributed by atoms with E-state index in [1.807, 2.05) is 67.6 Å². The van der Waals surface area contributed by atoms with Crippen molar-refractivity contribution < 1.29 is 14.3 Å². The minimum atomic E-state index is -0.156. The molecular formula is C29H26N4O3S. The number of aryl methyl sites for hydroxylation is 1. The Morgan fingerprint density at radius 3 is 2.51 bits per heavy atom. The first-order valence-electron chi connectivity index (χ1n) is 11.6. The van der Waals surface area contributed by atoms with Gasteiger partial charge >= 0.3 is 0 Å². The average molecular weight is 511 g/mol. The molecule has 0 saturated heterocycles. The van der Waals surface area contributed by atoms with E-state index in [-0.39, 0.29) is 12.3 Å². The fourth-order valence-corrected chi connectivity index (χ4v) is 4.73. The van der Waals surface area contributed by atoms with Crippen LogP contribution in [-0.4, -0.2) is 35.8 Å². The number of methoxy groups -OCH3 is 2. The molecule has 4 aromatic rings. The molecule has 1 amide bonds. The van der Waals surface area contributed by atoms with Gasteiger partial charge in [0.05, 0.1) is 25.5 Å². The van der Waals surface area contributed by atoms with Crippen molar-refractivity contribution in [3.05, 3.63) is 84.1 Å². The molecule has 0 atom stereocenters. The number of hydrogen-bond donors (Lipinski definition) is 1. The van der Waals surface area contributed by atoms with Crippen molar-refractivity contribution in [3.8, 4) is 40.0 Å². The van der Waals surface area contributed by atoms with Crippen molar-refractivity contribution in [2.75, 3.05) is 25.3 Å². The first-order valence-corrected chi connectivity index (χ1v) is 12.6. The van der Waals surface area contributed by atoms with Gasteiger partial charge in [0.2, 0.25) is 5.91 Å². The Morgan fingerprint density at radius 2 is 1.84 bits per heavy atom. The van der Waals surface area contributed by atoms with Crippen molar-refractivity contribution in [2.45, 2.75) is 18.4 Å². The summed E-state index contributed by atoms with van der Waals surface area (Å²) in [5.74, 6) is 1.89. The highest BCUT2D eigenvalue weighted by atomic mass is 32.2. The topological polar surface area (TPSA) is 97.1 Å². The van der Waals surface area contributed by atoms with Crippen LogP contribution in [0.4, 0.5) is 5.82 Å². The van der Waals surface area contributed by atoms with Gasteiger partial charge in [-0.2, -0.15) is 5.26 Å². The maximum atomic E-state index is 12.5. The van der Waals surface area contributed by atoms with E-state index in [0.29, 0.717) is 39.2 Å². The fraction of sp³-hybridized carbons (Fsp3) is 0.172. The second-order valence-corrected chi connectivity index (χ2v) is 9.21. The minimum Gasteiger partial charge on any atom is -0.493 e. The van der Waals surface area contributed by atoms with Gasteiger partial charge in [-0.05, 0) is 30.7 Å². The molecule has 0 unspecified atom stereocenters. The summed E-state index contributed by atoms with van der Waals surface area (Å²) in [5, 5.41) is 13.5. The molecule has 2 heterocycles. The molecule has 186 valence electrons. The first-order chi connectivity index (χ1) is 18.0. The second-order valence-electron chi connectivity index (χ2n) is 8.12. The summed E-state index contributed by atoms with van der Waals surface area (Å²) < 4.78 is 11.1. The van der Waals surface area contributed by atoms with E-state index in [1.165, 1.54) is 11.8 Å². The van der Waals surface area contributed by atoms with Crippen LogP contribution in [0.5, 0.6) is 11.5 Å². The van der Waals surface area contributed by atoms with Crippen LogP contribution >= 0.6 is 11.8 Å². The fourth-order valence-electron chi connectivity index (χ4n) is 3.79. The molecular weight excluding hydrogens is 484 g/mol. The number of pyridine rings is 2. The molecule has 0 aliphatic heterocycles. The third-order valence-corrected chi connectivity index (χ3v) is 6.58. The van der Waals surface area contributed by atoms with Crippen molar-refractivity contribution in [1.82, 2.24) is 9.97 Å². The van der Waals surface area contributed by atoms with Gasteiger partial charge in [-0.1, -0.05) is 48.5 Å². The van der Waals surface area contributed by atoms with E-state index in [2.05, 4.69) is 16.4 Å². The van der Waals surface area contributed by atoms with E-state index >= 15 is 0 Å². The number of nitrogens with zero attached hydrogens (tertiary/aromatic N) is 3. The SMILES string of the molecule is COc1cccc(-c2cc(-c3ccccc3)nc(SCCC(=O)Nc3ccc(C)cn3)c2C#N)c1OC. The van der Waals surface area contributed by atoms with E-state index in [0.717, 1.165) is 22.4 Å². The molecule has 0 saturated carbocycles. The summed E-state index contributed by atoms with van der Waals surface area (Å²) in [4.78, 5) is 21.5. The molecule has 0 aliphatic rings. The minimum absolute atomic E-state index is 0.156. The molecule has 8 heteroatoms. The third-order valence-electron chi connectivity index (χ3n) is 5.61. The predicted molar refractivity (Wildman–Crippen MR) is 146 cm³/mol. The van der Waals surface area contributed by atoms with E-state index in [4.69, 9.17) is 14.5 Å². The van der Waals surface area contributed by atoms with Crippen molar-refractivity contribution in [3.63, 3.8) is 0 Å². The Balaban J connectivity index is 1.67. The molecule has 0 fully saturated rings. The predicted octanol–water partition coefficient (Wildman–Crippen LogP) is 6.13. The summed E-state index contributed by atoms with van der Waals surface area (Å²) in [6.07, 6.45) is 1.94. The lowest BCUT2D eigenvalue weighted by Gasteiger charge is -2.16. The summed E-state index contributed by atoms with van der Waals surface area (Å²) in [5.41, 5.74) is 4.48. The van der Waals surface area contributed by atoms with Gasteiger partial charge in [0.15, 0.2) is 11.5 Å². The van der Waals surface area contributed by atoms with E-state index < -0.39 is 0 Å². The molecule has 0 spiro atoms. The van der Waals surface area contributed by atoms with Gasteiger partial charge in [-0.15, -0.1) is 11.8 Å². The first kappa shape index (κ1) is 25.7. The molecule has 2 aromatic heterocycles. The molecule has 1 N–H and O–H groups in total. The molecule has 4 rings (SSSR count). The van der Waals surface area contributed by atoms with Crippen molar-refractivity contribution >= 4 is 23.5 Å². The van der Waals surface area contributed by atoms with E-state index in [9.17, 15) is 10.1 Å². The number of hydrogen-bond acceptors (Lipinski definition) is 7. The van der Waals surface area contributed by atoms with Gasteiger partial charge in [-0.3, -0.25) is 4.79 Å². The van der Waals surface area contributed by atoms with Gasteiger partial charge in [0.25, 0.3) is 0 Å². The van der Waals surface area contributed by atoms with E-state index in [1.54, 1.807) is 26.5 Å². The number of nitrogens with one attached hydrogen (secondary N) is 1. The molecule has 7 nitrogen and oxygen atoms in total. The Morgan fingerprint density at radius 1 is 1.03 bits per heavy atom. The monoisotopic (exact) mass is 510 g/mol. The van der Waals surface area contributed by atoms with Crippen molar-refractivity contribution in [2.24, 2.45) is 0 Å². The quantitative estimate of drug-likeness (QED) is 0.271. The zero-order valence-electron chi connectivity index (χ0n) is 20.8. The summed E-state index contributed by atoms with van der Waals surface area (Å²) in [6.45, 7) is 1.94. The molecule has 0 aliphatic carbocycles. The van der Waals surface area contributed by atoms with Gasteiger partial charge < -0.3 is 14.8 Å². The lowest BCUT2D eigenvalue weighted by molar-refractivity contribution is -0.115. The van der Waals surface area contributed by atoms with Crippen LogP contribution in [0.3, 0.4) is 0 Å². The van der Waals surface area contributed by atoms with Crippen LogP contribution in [0.25, 0.3) is 22.4 Å². The number of anilines is 1. The Hall–Kier alpha value is -4.35. The van der Waals surface area contributed by atoms with Crippen LogP contribution in [0.15, 0.2) is 78.0 Å². The largest absolute Gasteiger partial charge is 0.493 e. The standard InChI is InChI=1S/C29H26N4O3S/c1-19-12-13-26(31-18-19)33-27(34)14-15-37-29-23(17-30)22(16-24(32-29)20-8-5-4-6-9-20)21-10-7-11-25(35-2)28(21)36-3/h4-13,16,18H,14-15H2,1-3H3,(H,31,33,34). The van der Waals surface area contributed by atoms with Gasteiger partial charge in [-0.25, -0.2) is 9.97 Å². The number of ether oxygens (including phenoxy) is 2. The average Bonchev–Trinajstić information content (AvgIpc) is 2.93. The zero-order valence-corrected chi connectivity index (χ0v) is 21.6. The highest BCUT2D eigenvalue weighted by molar-refractivity contribution is 7.99. The number of amides is 1. The van der Waals surface area contributed by atoms with Crippen molar-refractivity contribution in [1.29, 1.82) is 5.26 Å². The zero-order chi connectivity index (χ0) is 26.2. The van der Waals surface area contributed by atoms with Crippen LogP contribution in [0, 0.1) is 18.3 Å². The lowest BCUT2D eigenvalue weighted by Crippen LogP contribution is -2.13. The number of carbonyl (C=O) groups is 1. The Bertz CT molecular complexity index is 1430. The number of thioether (sulfide) groups is 1. The summed E-state index contributed by atoms with van der Waals surface area (Å²) in [7, 11) is 3.15. The number of carbonyl (C=O) groups excluding carboxylic acids is 1. The molecule has 0 radical (unpaired) electrons. The summed E-state index contributed by atoms with van der Waals surface area (Å²) in [6, 6.07) is 23.2.